The van der Waals surface area contributed by atoms with Crippen LogP contribution in [0.25, 0.3) is 54.6 Å². The minimum Gasteiger partial charge on any atom is -0.455 e. The lowest BCUT2D eigenvalue weighted by atomic mass is 9.92. The van der Waals surface area contributed by atoms with Gasteiger partial charge in [-0.3, -0.25) is 0 Å². The fourth-order valence-corrected chi connectivity index (χ4v) is 4.26. The molecule has 0 bridgehead atoms. The molecule has 28 heavy (non-hydrogen) atoms. The molecule has 0 aliphatic heterocycles. The fourth-order valence-electron chi connectivity index (χ4n) is 4.26. The first kappa shape index (κ1) is 14.3. The van der Waals surface area contributed by atoms with E-state index in [0.717, 1.165) is 38.3 Å². The molecule has 0 unspecified atom stereocenters. The highest BCUT2D eigenvalue weighted by Gasteiger charge is 2.19. The van der Waals surface area contributed by atoms with E-state index in [0.29, 0.717) is 17.3 Å². The molecule has 0 spiro atoms. The summed E-state index contributed by atoms with van der Waals surface area (Å²) in [6.45, 7) is 0. The smallest absolute Gasteiger partial charge is 0.145 e. The van der Waals surface area contributed by atoms with Gasteiger partial charge < -0.3 is 10.2 Å². The highest BCUT2D eigenvalue weighted by molar-refractivity contribution is 6.25. The van der Waals surface area contributed by atoms with E-state index in [1.54, 1.807) is 6.07 Å². The number of rotatable bonds is 1. The van der Waals surface area contributed by atoms with Crippen molar-refractivity contribution in [3.63, 3.8) is 0 Å². The van der Waals surface area contributed by atoms with Crippen molar-refractivity contribution in [3.8, 4) is 11.1 Å². The second kappa shape index (κ2) is 5.61. The number of hydrogen-bond acceptors (Lipinski definition) is 2. The maximum Gasteiger partial charge on any atom is 0.145 e. The van der Waals surface area contributed by atoms with Gasteiger partial charge in [0.25, 0.3) is 0 Å². The first-order valence-electron chi connectivity index (χ1n) is 9.83. The SMILES string of the molecule is [2H]c1cccc2c1oc1c3ccccc3c(-c3ccc4ccccc4c3)c(N)c21. The standard InChI is InChI=1S/C26H17NO/c27-25-23(18-14-13-16-7-1-2-8-17(16)15-18)19-9-3-4-10-20(19)26-24(25)21-11-5-6-12-22(21)28-26/h1-15H,27H2/i12D. The normalized spacial score (nSPS) is 12.2. The third kappa shape index (κ3) is 2.03. The Morgan fingerprint density at radius 1 is 0.714 bits per heavy atom. The highest BCUT2D eigenvalue weighted by Crippen LogP contribution is 2.45. The predicted molar refractivity (Wildman–Crippen MR) is 119 cm³/mol. The van der Waals surface area contributed by atoms with Crippen LogP contribution in [0.3, 0.4) is 0 Å². The van der Waals surface area contributed by atoms with Gasteiger partial charge in [0, 0.05) is 16.3 Å². The quantitative estimate of drug-likeness (QED) is 0.316. The van der Waals surface area contributed by atoms with Crippen LogP contribution in [-0.4, -0.2) is 0 Å². The van der Waals surface area contributed by atoms with E-state index in [2.05, 4.69) is 48.5 Å². The molecule has 0 fully saturated rings. The third-order valence-electron chi connectivity index (χ3n) is 5.54. The summed E-state index contributed by atoms with van der Waals surface area (Å²) in [5.41, 5.74) is 10.9. The van der Waals surface area contributed by atoms with Crippen molar-refractivity contribution in [2.75, 3.05) is 5.73 Å². The van der Waals surface area contributed by atoms with Gasteiger partial charge in [-0.1, -0.05) is 78.9 Å². The van der Waals surface area contributed by atoms with E-state index < -0.39 is 0 Å². The zero-order valence-electron chi connectivity index (χ0n) is 16.1. The molecule has 6 aromatic rings. The molecule has 1 heterocycles. The van der Waals surface area contributed by atoms with Crippen molar-refractivity contribution in [1.82, 2.24) is 0 Å². The number of furan rings is 1. The summed E-state index contributed by atoms with van der Waals surface area (Å²) < 4.78 is 14.4. The minimum absolute atomic E-state index is 0.370. The van der Waals surface area contributed by atoms with Crippen molar-refractivity contribution < 1.29 is 5.79 Å². The van der Waals surface area contributed by atoms with Crippen LogP contribution in [0, 0.1) is 0 Å². The molecule has 0 radical (unpaired) electrons. The van der Waals surface area contributed by atoms with Crippen molar-refractivity contribution in [2.45, 2.75) is 0 Å². The molecule has 2 heteroatoms. The second-order valence-corrected chi connectivity index (χ2v) is 7.12. The number of para-hydroxylation sites is 1. The first-order valence-corrected chi connectivity index (χ1v) is 9.33. The molecule has 0 aliphatic carbocycles. The fraction of sp³-hybridized carbons (Fsp3) is 0. The van der Waals surface area contributed by atoms with Gasteiger partial charge in [-0.15, -0.1) is 0 Å². The van der Waals surface area contributed by atoms with Gasteiger partial charge in [0.05, 0.1) is 12.4 Å². The Morgan fingerprint density at radius 2 is 1.43 bits per heavy atom. The van der Waals surface area contributed by atoms with Crippen LogP contribution in [0.15, 0.2) is 95.4 Å². The summed E-state index contributed by atoms with van der Waals surface area (Å²) in [4.78, 5) is 0. The Bertz CT molecular complexity index is 1580. The first-order chi connectivity index (χ1) is 14.2. The van der Waals surface area contributed by atoms with Crippen LogP contribution >= 0.6 is 0 Å². The van der Waals surface area contributed by atoms with Crippen molar-refractivity contribution in [2.24, 2.45) is 0 Å². The van der Waals surface area contributed by atoms with Crippen LogP contribution in [0.2, 0.25) is 0 Å². The van der Waals surface area contributed by atoms with Crippen LogP contribution in [-0.2, 0) is 0 Å². The molecule has 0 atom stereocenters. The van der Waals surface area contributed by atoms with E-state index in [4.69, 9.17) is 11.5 Å². The van der Waals surface area contributed by atoms with Crippen LogP contribution in [0.1, 0.15) is 1.37 Å². The second-order valence-electron chi connectivity index (χ2n) is 7.12. The third-order valence-corrected chi connectivity index (χ3v) is 5.54. The molecule has 2 N–H and O–H groups in total. The number of benzene rings is 5. The molecule has 6 rings (SSSR count). The molecular weight excluding hydrogens is 342 g/mol. The van der Waals surface area contributed by atoms with E-state index in [1.807, 2.05) is 30.3 Å². The van der Waals surface area contributed by atoms with E-state index >= 15 is 0 Å². The summed E-state index contributed by atoms with van der Waals surface area (Å²) in [5.74, 6) is 0. The molecule has 0 saturated carbocycles. The van der Waals surface area contributed by atoms with Gasteiger partial charge >= 0.3 is 0 Å². The van der Waals surface area contributed by atoms with Gasteiger partial charge in [0.2, 0.25) is 0 Å². The Balaban J connectivity index is 1.82. The zero-order chi connectivity index (χ0) is 19.5. The van der Waals surface area contributed by atoms with Gasteiger partial charge in [-0.2, -0.15) is 0 Å². The number of nitrogens with two attached hydrogens (primary N) is 1. The monoisotopic (exact) mass is 360 g/mol. The van der Waals surface area contributed by atoms with Gasteiger partial charge in [0.1, 0.15) is 11.2 Å². The number of nitrogen functional groups attached to an aromatic ring is 1. The lowest BCUT2D eigenvalue weighted by Gasteiger charge is -2.13. The Morgan fingerprint density at radius 3 is 2.32 bits per heavy atom. The maximum atomic E-state index is 8.25. The topological polar surface area (TPSA) is 39.2 Å². The Labute approximate surface area is 163 Å². The summed E-state index contributed by atoms with van der Waals surface area (Å²) >= 11 is 0. The molecule has 0 saturated heterocycles. The molecule has 5 aromatic carbocycles. The van der Waals surface area contributed by atoms with Crippen LogP contribution in [0.4, 0.5) is 5.69 Å². The van der Waals surface area contributed by atoms with E-state index in [-0.39, 0.29) is 0 Å². The Hall–Kier alpha value is -3.78. The lowest BCUT2D eigenvalue weighted by molar-refractivity contribution is 0.673. The summed E-state index contributed by atoms with van der Waals surface area (Å²) in [5, 5.41) is 6.22. The molecular formula is C26H17NO. The van der Waals surface area contributed by atoms with Gasteiger partial charge in [0.15, 0.2) is 0 Å². The average molecular weight is 360 g/mol. The van der Waals surface area contributed by atoms with Crippen molar-refractivity contribution >= 4 is 49.2 Å². The van der Waals surface area contributed by atoms with Crippen LogP contribution < -0.4 is 5.73 Å². The van der Waals surface area contributed by atoms with Crippen molar-refractivity contribution in [3.05, 3.63) is 91.0 Å². The molecule has 2 nitrogen and oxygen atoms in total. The van der Waals surface area contributed by atoms with Crippen molar-refractivity contribution in [1.29, 1.82) is 0 Å². The number of anilines is 1. The average Bonchev–Trinajstić information content (AvgIpc) is 3.15. The van der Waals surface area contributed by atoms with Gasteiger partial charge in [-0.05, 0) is 33.8 Å². The van der Waals surface area contributed by atoms with Gasteiger partial charge in [-0.25, -0.2) is 0 Å². The summed E-state index contributed by atoms with van der Waals surface area (Å²) in [7, 11) is 0. The minimum atomic E-state index is 0.370. The summed E-state index contributed by atoms with van der Waals surface area (Å²) in [6.07, 6.45) is 0. The zero-order valence-corrected chi connectivity index (χ0v) is 15.1. The lowest BCUT2D eigenvalue weighted by Crippen LogP contribution is -1.93. The molecule has 1 aromatic heterocycles. The largest absolute Gasteiger partial charge is 0.455 e. The maximum absolute atomic E-state index is 8.25. The molecule has 132 valence electrons. The summed E-state index contributed by atoms with van der Waals surface area (Å²) in [6, 6.07) is 29.0. The molecule has 0 aliphatic rings. The Kier molecular flexibility index (Phi) is 2.86. The number of hydrogen-bond donors (Lipinski definition) is 1. The van der Waals surface area contributed by atoms with E-state index in [1.165, 1.54) is 10.8 Å². The van der Waals surface area contributed by atoms with E-state index in [9.17, 15) is 0 Å². The number of fused-ring (bicyclic) bond motifs is 6. The predicted octanol–water partition coefficient (Wildman–Crippen LogP) is 7.14. The highest BCUT2D eigenvalue weighted by atomic mass is 16.3. The van der Waals surface area contributed by atoms with Crippen LogP contribution in [0.5, 0.6) is 0 Å². The molecule has 0 amide bonds.